The molecule has 3 rings (SSSR count). The zero-order valence-electron chi connectivity index (χ0n) is 11.4. The van der Waals surface area contributed by atoms with Crippen LogP contribution in [0.2, 0.25) is 5.02 Å². The van der Waals surface area contributed by atoms with E-state index in [-0.39, 0.29) is 16.7 Å². The fourth-order valence-electron chi connectivity index (χ4n) is 2.59. The Labute approximate surface area is 126 Å². The van der Waals surface area contributed by atoms with Crippen LogP contribution < -0.4 is 10.5 Å². The summed E-state index contributed by atoms with van der Waals surface area (Å²) in [7, 11) is 0. The molecule has 21 heavy (non-hydrogen) atoms. The number of hydrogen-bond acceptors (Lipinski definition) is 2. The van der Waals surface area contributed by atoms with Crippen LogP contribution in [0.4, 0.5) is 8.78 Å². The molecule has 0 amide bonds. The molecule has 2 aromatic carbocycles. The molecule has 0 spiro atoms. The first-order valence-electron chi connectivity index (χ1n) is 6.65. The van der Waals surface area contributed by atoms with Crippen LogP contribution in [0.3, 0.4) is 0 Å². The predicted molar refractivity (Wildman–Crippen MR) is 77.6 cm³/mol. The van der Waals surface area contributed by atoms with Crippen molar-refractivity contribution >= 4 is 11.6 Å². The van der Waals surface area contributed by atoms with Gasteiger partial charge in [-0.05, 0) is 36.2 Å². The van der Waals surface area contributed by atoms with Crippen molar-refractivity contribution in [3.63, 3.8) is 0 Å². The highest BCUT2D eigenvalue weighted by atomic mass is 35.5. The van der Waals surface area contributed by atoms with Gasteiger partial charge in [-0.15, -0.1) is 0 Å². The summed E-state index contributed by atoms with van der Waals surface area (Å²) < 4.78 is 33.1. The second-order valence-corrected chi connectivity index (χ2v) is 5.67. The normalized spacial score (nSPS) is 18.2. The Hall–Kier alpha value is -1.65. The minimum Gasteiger partial charge on any atom is -0.490 e. The monoisotopic (exact) mass is 309 g/mol. The fraction of sp³-hybridized carbons (Fsp3) is 0.250. The van der Waals surface area contributed by atoms with Crippen LogP contribution in [0.1, 0.15) is 29.7 Å². The highest BCUT2D eigenvalue weighted by Gasteiger charge is 2.22. The van der Waals surface area contributed by atoms with Gasteiger partial charge in [0, 0.05) is 12.0 Å². The number of hydrogen-bond donors (Lipinski definition) is 1. The van der Waals surface area contributed by atoms with Crippen molar-refractivity contribution in [1.29, 1.82) is 0 Å². The second-order valence-electron chi connectivity index (χ2n) is 5.27. The zero-order valence-corrected chi connectivity index (χ0v) is 12.1. The number of nitrogens with two attached hydrogens (primary N) is 1. The van der Waals surface area contributed by atoms with Crippen molar-refractivity contribution in [2.75, 3.05) is 0 Å². The van der Waals surface area contributed by atoms with Crippen LogP contribution in [0.25, 0.3) is 0 Å². The minimum absolute atomic E-state index is 0.0869. The van der Waals surface area contributed by atoms with Gasteiger partial charge >= 0.3 is 0 Å². The molecular weight excluding hydrogens is 296 g/mol. The zero-order chi connectivity index (χ0) is 15.1. The molecule has 0 radical (unpaired) electrons. The molecule has 2 unspecified atom stereocenters. The molecule has 2 nitrogen and oxygen atoms in total. The van der Waals surface area contributed by atoms with E-state index in [9.17, 15) is 8.78 Å². The van der Waals surface area contributed by atoms with E-state index in [1.807, 2.05) is 19.1 Å². The third kappa shape index (κ3) is 2.61. The Bertz CT molecular complexity index is 705. The van der Waals surface area contributed by atoms with Gasteiger partial charge in [-0.3, -0.25) is 0 Å². The molecule has 0 fully saturated rings. The average Bonchev–Trinajstić information content (AvgIpc) is 2.81. The van der Waals surface area contributed by atoms with Crippen LogP contribution in [-0.4, -0.2) is 6.10 Å². The summed E-state index contributed by atoms with van der Waals surface area (Å²) in [5.74, 6) is -0.471. The molecule has 2 atom stereocenters. The van der Waals surface area contributed by atoms with Crippen molar-refractivity contribution in [3.8, 4) is 5.75 Å². The lowest BCUT2D eigenvalue weighted by molar-refractivity contribution is 0.254. The van der Waals surface area contributed by atoms with Crippen LogP contribution in [-0.2, 0) is 6.42 Å². The summed E-state index contributed by atoms with van der Waals surface area (Å²) in [6.45, 7) is 1.98. The van der Waals surface area contributed by atoms with Crippen LogP contribution in [0, 0.1) is 11.6 Å². The van der Waals surface area contributed by atoms with Crippen molar-refractivity contribution in [2.45, 2.75) is 25.5 Å². The topological polar surface area (TPSA) is 35.2 Å². The maximum atomic E-state index is 13.9. The van der Waals surface area contributed by atoms with E-state index in [4.69, 9.17) is 22.1 Å². The van der Waals surface area contributed by atoms with Gasteiger partial charge in [0.2, 0.25) is 0 Å². The molecular formula is C16H14ClF2NO. The summed E-state index contributed by atoms with van der Waals surface area (Å²) in [5, 5.41) is -0.250. The van der Waals surface area contributed by atoms with Gasteiger partial charge in [-0.25, -0.2) is 8.78 Å². The first kappa shape index (κ1) is 14.3. The van der Waals surface area contributed by atoms with Gasteiger partial charge in [0.05, 0.1) is 11.1 Å². The number of ether oxygens (including phenoxy) is 1. The molecule has 2 N–H and O–H groups in total. The number of benzene rings is 2. The maximum Gasteiger partial charge on any atom is 0.142 e. The molecule has 1 heterocycles. The Kier molecular flexibility index (Phi) is 3.59. The molecule has 5 heteroatoms. The van der Waals surface area contributed by atoms with Gasteiger partial charge in [0.1, 0.15) is 23.5 Å². The fourth-order valence-corrected chi connectivity index (χ4v) is 2.74. The molecule has 0 bridgehead atoms. The standard InChI is InChI=1S/C16H14ClF2NO/c1-8-4-10-5-9(2-3-15(10)21-8)16(20)11-6-14(19)12(17)7-13(11)18/h2-3,5-8,16H,4,20H2,1H3. The van der Waals surface area contributed by atoms with Gasteiger partial charge < -0.3 is 10.5 Å². The van der Waals surface area contributed by atoms with E-state index in [0.717, 1.165) is 29.9 Å². The minimum atomic E-state index is -0.752. The molecule has 1 aliphatic heterocycles. The molecule has 0 saturated heterocycles. The third-order valence-electron chi connectivity index (χ3n) is 3.65. The van der Waals surface area contributed by atoms with E-state index in [0.29, 0.717) is 5.56 Å². The van der Waals surface area contributed by atoms with E-state index in [2.05, 4.69) is 0 Å². The van der Waals surface area contributed by atoms with E-state index < -0.39 is 17.7 Å². The highest BCUT2D eigenvalue weighted by Crippen LogP contribution is 2.33. The first-order chi connectivity index (χ1) is 9.95. The smallest absolute Gasteiger partial charge is 0.142 e. The van der Waals surface area contributed by atoms with Crippen LogP contribution >= 0.6 is 11.6 Å². The lowest BCUT2D eigenvalue weighted by Gasteiger charge is -2.15. The third-order valence-corrected chi connectivity index (χ3v) is 3.94. The molecule has 0 aliphatic carbocycles. The molecule has 0 aromatic heterocycles. The summed E-state index contributed by atoms with van der Waals surface area (Å²) >= 11 is 5.56. The summed E-state index contributed by atoms with van der Waals surface area (Å²) in [6.07, 6.45) is 0.907. The first-order valence-corrected chi connectivity index (χ1v) is 7.03. The van der Waals surface area contributed by atoms with Crippen LogP contribution in [0.5, 0.6) is 5.75 Å². The van der Waals surface area contributed by atoms with Crippen molar-refractivity contribution < 1.29 is 13.5 Å². The van der Waals surface area contributed by atoms with Gasteiger partial charge in [-0.2, -0.15) is 0 Å². The molecule has 110 valence electrons. The van der Waals surface area contributed by atoms with E-state index in [1.54, 1.807) is 6.07 Å². The highest BCUT2D eigenvalue weighted by molar-refractivity contribution is 6.30. The SMILES string of the molecule is CC1Cc2cc(C(N)c3cc(F)c(Cl)cc3F)ccc2O1. The average molecular weight is 310 g/mol. The Morgan fingerprint density at radius 3 is 2.76 bits per heavy atom. The van der Waals surface area contributed by atoms with Crippen molar-refractivity contribution in [2.24, 2.45) is 5.73 Å². The maximum absolute atomic E-state index is 13.9. The van der Waals surface area contributed by atoms with E-state index >= 15 is 0 Å². The van der Waals surface area contributed by atoms with E-state index in [1.165, 1.54) is 0 Å². The van der Waals surface area contributed by atoms with Crippen molar-refractivity contribution in [1.82, 2.24) is 0 Å². The largest absolute Gasteiger partial charge is 0.490 e. The lowest BCUT2D eigenvalue weighted by atomic mass is 9.96. The summed E-state index contributed by atoms with van der Waals surface area (Å²) in [6, 6.07) is 6.72. The van der Waals surface area contributed by atoms with Gasteiger partial charge in [0.25, 0.3) is 0 Å². The summed E-state index contributed by atoms with van der Waals surface area (Å²) in [4.78, 5) is 0. The second kappa shape index (κ2) is 5.28. The molecule has 1 aliphatic rings. The Balaban J connectivity index is 1.98. The Morgan fingerprint density at radius 2 is 2.00 bits per heavy atom. The van der Waals surface area contributed by atoms with Gasteiger partial charge in [0.15, 0.2) is 0 Å². The summed E-state index contributed by atoms with van der Waals surface area (Å²) in [5.41, 5.74) is 7.91. The quantitative estimate of drug-likeness (QED) is 0.851. The van der Waals surface area contributed by atoms with Crippen LogP contribution in [0.15, 0.2) is 30.3 Å². The predicted octanol–water partition coefficient (Wildman–Crippen LogP) is 3.99. The van der Waals surface area contributed by atoms with Crippen molar-refractivity contribution in [3.05, 3.63) is 63.7 Å². The van der Waals surface area contributed by atoms with Gasteiger partial charge in [-0.1, -0.05) is 23.7 Å². The molecule has 0 saturated carbocycles. The number of rotatable bonds is 2. The number of fused-ring (bicyclic) bond motifs is 1. The Morgan fingerprint density at radius 1 is 1.24 bits per heavy atom. The lowest BCUT2D eigenvalue weighted by Crippen LogP contribution is -2.14. The molecule has 2 aromatic rings. The number of halogens is 3.